The summed E-state index contributed by atoms with van der Waals surface area (Å²) < 4.78 is 0. The molecule has 0 aliphatic heterocycles. The highest BCUT2D eigenvalue weighted by atomic mass is 16.6. The number of anilines is 1. The molecular weight excluding hydrogens is 268 g/mol. The van der Waals surface area contributed by atoms with E-state index < -0.39 is 4.92 Å². The van der Waals surface area contributed by atoms with E-state index in [1.54, 1.807) is 12.1 Å². The third-order valence-electron chi connectivity index (χ3n) is 4.35. The van der Waals surface area contributed by atoms with Crippen molar-refractivity contribution in [3.05, 3.63) is 33.9 Å². The van der Waals surface area contributed by atoms with Gasteiger partial charge in [0.25, 0.3) is 5.69 Å². The molecule has 0 amide bonds. The molecule has 1 aromatic carbocycles. The van der Waals surface area contributed by atoms with Crippen LogP contribution in [0.5, 0.6) is 0 Å². The molecule has 6 nitrogen and oxygen atoms in total. The minimum atomic E-state index is -0.424. The number of hydrogen-bond donors (Lipinski definition) is 1. The molecule has 2 N–H and O–H groups in total. The topological polar surface area (TPSA) is 96.2 Å². The second-order valence-corrected chi connectivity index (χ2v) is 5.53. The van der Waals surface area contributed by atoms with Gasteiger partial charge in [-0.05, 0) is 37.4 Å². The average Bonchev–Trinajstić information content (AvgIpc) is 2.53. The zero-order valence-electron chi connectivity index (χ0n) is 12.2. The van der Waals surface area contributed by atoms with Crippen molar-refractivity contribution in [2.45, 2.75) is 31.7 Å². The predicted octanol–water partition coefficient (Wildman–Crippen LogP) is 2.42. The molecule has 1 aliphatic rings. The van der Waals surface area contributed by atoms with E-state index in [-0.39, 0.29) is 11.7 Å². The predicted molar refractivity (Wildman–Crippen MR) is 81.0 cm³/mol. The van der Waals surface area contributed by atoms with E-state index in [0.717, 1.165) is 19.3 Å². The third-order valence-corrected chi connectivity index (χ3v) is 4.35. The number of nitriles is 1. The Hall–Kier alpha value is -2.13. The van der Waals surface area contributed by atoms with Crippen LogP contribution in [0.3, 0.4) is 0 Å². The van der Waals surface area contributed by atoms with Crippen LogP contribution >= 0.6 is 0 Å². The highest BCUT2D eigenvalue weighted by molar-refractivity contribution is 5.65. The molecule has 1 aromatic rings. The van der Waals surface area contributed by atoms with Gasteiger partial charge >= 0.3 is 0 Å². The van der Waals surface area contributed by atoms with Crippen LogP contribution in [0.25, 0.3) is 0 Å². The summed E-state index contributed by atoms with van der Waals surface area (Å²) in [5.74, 6) is 0.360. The van der Waals surface area contributed by atoms with Crippen LogP contribution in [0, 0.1) is 27.4 Å². The van der Waals surface area contributed by atoms with Gasteiger partial charge in [0.05, 0.1) is 16.6 Å². The molecule has 2 unspecified atom stereocenters. The Morgan fingerprint density at radius 2 is 2.19 bits per heavy atom. The number of nitro benzene ring substituents is 1. The van der Waals surface area contributed by atoms with Gasteiger partial charge in [-0.3, -0.25) is 10.1 Å². The molecule has 0 aromatic heterocycles. The Morgan fingerprint density at radius 3 is 2.81 bits per heavy atom. The molecule has 6 heteroatoms. The highest BCUT2D eigenvalue weighted by Gasteiger charge is 2.30. The van der Waals surface area contributed by atoms with E-state index in [0.29, 0.717) is 23.7 Å². The summed E-state index contributed by atoms with van der Waals surface area (Å²) in [4.78, 5) is 12.8. The quantitative estimate of drug-likeness (QED) is 0.678. The maximum atomic E-state index is 11.3. The Balaban J connectivity index is 2.36. The largest absolute Gasteiger partial charge is 0.366 e. The molecule has 2 atom stereocenters. The molecule has 0 heterocycles. The number of benzene rings is 1. The Kier molecular flexibility index (Phi) is 4.76. The SMILES string of the molecule is CN(c1ccc(C#N)cc1[N+](=O)[O-])C1CCCCC1CN. The molecule has 1 saturated carbocycles. The van der Waals surface area contributed by atoms with Crippen molar-refractivity contribution in [3.8, 4) is 6.07 Å². The van der Waals surface area contributed by atoms with E-state index in [1.165, 1.54) is 12.5 Å². The van der Waals surface area contributed by atoms with Crippen LogP contribution in [0.1, 0.15) is 31.2 Å². The molecule has 0 bridgehead atoms. The van der Waals surface area contributed by atoms with Gasteiger partial charge in [-0.1, -0.05) is 12.8 Å². The van der Waals surface area contributed by atoms with Crippen molar-refractivity contribution >= 4 is 11.4 Å². The van der Waals surface area contributed by atoms with Crippen molar-refractivity contribution in [2.75, 3.05) is 18.5 Å². The fourth-order valence-corrected chi connectivity index (χ4v) is 3.19. The van der Waals surface area contributed by atoms with Gasteiger partial charge in [0.15, 0.2) is 0 Å². The van der Waals surface area contributed by atoms with Gasteiger partial charge in [-0.25, -0.2) is 0 Å². The lowest BCUT2D eigenvalue weighted by Crippen LogP contribution is -2.43. The fraction of sp³-hybridized carbons (Fsp3) is 0.533. The number of hydrogen-bond acceptors (Lipinski definition) is 5. The normalized spacial score (nSPS) is 21.6. The molecule has 1 fully saturated rings. The summed E-state index contributed by atoms with van der Waals surface area (Å²) in [6.45, 7) is 0.596. The molecule has 0 saturated heterocycles. The summed E-state index contributed by atoms with van der Waals surface area (Å²) in [6, 6.07) is 6.79. The lowest BCUT2D eigenvalue weighted by molar-refractivity contribution is -0.384. The maximum Gasteiger partial charge on any atom is 0.293 e. The lowest BCUT2D eigenvalue weighted by Gasteiger charge is -2.38. The lowest BCUT2D eigenvalue weighted by atomic mass is 9.83. The van der Waals surface area contributed by atoms with Gasteiger partial charge in [0.2, 0.25) is 0 Å². The van der Waals surface area contributed by atoms with E-state index in [4.69, 9.17) is 11.0 Å². The summed E-state index contributed by atoms with van der Waals surface area (Å²) in [5, 5.41) is 20.2. The second kappa shape index (κ2) is 6.55. The molecule has 0 radical (unpaired) electrons. The van der Waals surface area contributed by atoms with Crippen molar-refractivity contribution in [3.63, 3.8) is 0 Å². The number of nitrogens with zero attached hydrogens (tertiary/aromatic N) is 3. The second-order valence-electron chi connectivity index (χ2n) is 5.53. The smallest absolute Gasteiger partial charge is 0.293 e. The summed E-state index contributed by atoms with van der Waals surface area (Å²) in [7, 11) is 1.88. The van der Waals surface area contributed by atoms with Gasteiger partial charge in [0, 0.05) is 19.2 Å². The number of nitro groups is 1. The first kappa shape index (κ1) is 15.3. The van der Waals surface area contributed by atoms with Crippen LogP contribution in [0.4, 0.5) is 11.4 Å². The van der Waals surface area contributed by atoms with Crippen LogP contribution in [-0.2, 0) is 0 Å². The average molecular weight is 288 g/mol. The Morgan fingerprint density at radius 1 is 1.48 bits per heavy atom. The summed E-state index contributed by atoms with van der Waals surface area (Å²) >= 11 is 0. The Labute approximate surface area is 124 Å². The Bertz CT molecular complexity index is 567. The fourth-order valence-electron chi connectivity index (χ4n) is 3.19. The van der Waals surface area contributed by atoms with E-state index in [1.807, 2.05) is 18.0 Å². The van der Waals surface area contributed by atoms with Crippen molar-refractivity contribution in [2.24, 2.45) is 11.7 Å². The third kappa shape index (κ3) is 3.14. The van der Waals surface area contributed by atoms with Crippen molar-refractivity contribution in [1.29, 1.82) is 5.26 Å². The van der Waals surface area contributed by atoms with Crippen molar-refractivity contribution in [1.82, 2.24) is 0 Å². The van der Waals surface area contributed by atoms with Crippen LogP contribution in [0.15, 0.2) is 18.2 Å². The molecule has 21 heavy (non-hydrogen) atoms. The number of nitrogens with two attached hydrogens (primary N) is 1. The summed E-state index contributed by atoms with van der Waals surface area (Å²) in [6.07, 6.45) is 4.35. The van der Waals surface area contributed by atoms with Gasteiger partial charge in [0.1, 0.15) is 5.69 Å². The molecular formula is C15H20N4O2. The van der Waals surface area contributed by atoms with E-state index in [2.05, 4.69) is 0 Å². The van der Waals surface area contributed by atoms with E-state index >= 15 is 0 Å². The molecule has 2 rings (SSSR count). The minimum absolute atomic E-state index is 0.0158. The van der Waals surface area contributed by atoms with E-state index in [9.17, 15) is 10.1 Å². The molecule has 0 spiro atoms. The van der Waals surface area contributed by atoms with Gasteiger partial charge < -0.3 is 10.6 Å². The minimum Gasteiger partial charge on any atom is -0.366 e. The van der Waals surface area contributed by atoms with Crippen LogP contribution in [0.2, 0.25) is 0 Å². The zero-order chi connectivity index (χ0) is 15.4. The number of rotatable bonds is 4. The summed E-state index contributed by atoms with van der Waals surface area (Å²) in [5.41, 5.74) is 6.70. The van der Waals surface area contributed by atoms with Gasteiger partial charge in [-0.2, -0.15) is 5.26 Å². The van der Waals surface area contributed by atoms with Gasteiger partial charge in [-0.15, -0.1) is 0 Å². The maximum absolute atomic E-state index is 11.3. The molecule has 112 valence electrons. The van der Waals surface area contributed by atoms with Crippen LogP contribution in [-0.4, -0.2) is 24.6 Å². The first-order valence-electron chi connectivity index (χ1n) is 7.20. The van der Waals surface area contributed by atoms with Crippen molar-refractivity contribution < 1.29 is 4.92 Å². The first-order valence-corrected chi connectivity index (χ1v) is 7.20. The zero-order valence-corrected chi connectivity index (χ0v) is 12.2. The highest BCUT2D eigenvalue weighted by Crippen LogP contribution is 2.35. The first-order chi connectivity index (χ1) is 10.1. The van der Waals surface area contributed by atoms with Crippen LogP contribution < -0.4 is 10.6 Å². The standard InChI is InChI=1S/C15H20N4O2/c1-18(13-5-3-2-4-12(13)10-17)14-7-6-11(9-16)8-15(14)19(20)21/h6-8,12-13H,2-5,10,17H2,1H3. The molecule has 1 aliphatic carbocycles. The monoisotopic (exact) mass is 288 g/mol.